The minimum absolute atomic E-state index is 0.0000983. The zero-order valence-corrected chi connectivity index (χ0v) is 12.2. The van der Waals surface area contributed by atoms with Gasteiger partial charge in [0.15, 0.2) is 9.84 Å². The number of sulfone groups is 1. The Morgan fingerprint density at radius 3 is 2.53 bits per heavy atom. The quantitative estimate of drug-likeness (QED) is 0.626. The van der Waals surface area contributed by atoms with Crippen LogP contribution in [0.15, 0.2) is 35.4 Å². The summed E-state index contributed by atoms with van der Waals surface area (Å²) >= 11 is 0. The van der Waals surface area contributed by atoms with Crippen LogP contribution >= 0.6 is 0 Å². The van der Waals surface area contributed by atoms with Crippen molar-refractivity contribution in [1.82, 2.24) is 5.01 Å². The van der Waals surface area contributed by atoms with E-state index in [0.717, 1.165) is 11.3 Å². The fourth-order valence-corrected chi connectivity index (χ4v) is 4.01. The molecule has 1 aliphatic heterocycles. The fraction of sp³-hybridized carbons (Fsp3) is 0.500. The molecule has 4 nitrogen and oxygen atoms in total. The van der Waals surface area contributed by atoms with E-state index in [9.17, 15) is 8.42 Å². The van der Waals surface area contributed by atoms with Gasteiger partial charge in [-0.05, 0) is 25.8 Å². The van der Waals surface area contributed by atoms with Crippen molar-refractivity contribution in [2.24, 2.45) is 5.10 Å². The smallest absolute Gasteiger partial charge is 0.152 e. The minimum Gasteiger partial charge on any atom is -0.289 e. The molecule has 0 radical (unpaired) electrons. The number of rotatable bonds is 4. The van der Waals surface area contributed by atoms with E-state index in [4.69, 9.17) is 0 Å². The first-order chi connectivity index (χ1) is 8.96. The lowest BCUT2D eigenvalue weighted by molar-refractivity contribution is 0.213. The Morgan fingerprint density at radius 1 is 1.32 bits per heavy atom. The zero-order chi connectivity index (χ0) is 13.9. The number of hydrazone groups is 1. The van der Waals surface area contributed by atoms with Crippen molar-refractivity contribution in [2.45, 2.75) is 32.9 Å². The highest BCUT2D eigenvalue weighted by molar-refractivity contribution is 7.91. The molecule has 0 unspecified atom stereocenters. The minimum atomic E-state index is -2.88. The molecule has 0 spiro atoms. The van der Waals surface area contributed by atoms with Crippen molar-refractivity contribution in [3.05, 3.63) is 35.9 Å². The highest BCUT2D eigenvalue weighted by Crippen LogP contribution is 2.20. The summed E-state index contributed by atoms with van der Waals surface area (Å²) in [6.07, 6.45) is 0.673. The molecule has 0 aliphatic carbocycles. The van der Waals surface area contributed by atoms with Crippen LogP contribution in [0.1, 0.15) is 25.8 Å². The van der Waals surface area contributed by atoms with Gasteiger partial charge in [-0.25, -0.2) is 8.42 Å². The molecule has 1 aromatic rings. The second-order valence-electron chi connectivity index (χ2n) is 5.19. The van der Waals surface area contributed by atoms with E-state index < -0.39 is 9.84 Å². The molecule has 5 heteroatoms. The van der Waals surface area contributed by atoms with Crippen LogP contribution in [0.4, 0.5) is 0 Å². The van der Waals surface area contributed by atoms with Crippen LogP contribution in [0.2, 0.25) is 0 Å². The average Bonchev–Trinajstić information content (AvgIpc) is 2.70. The molecule has 0 bridgehead atoms. The van der Waals surface area contributed by atoms with E-state index in [-0.39, 0.29) is 17.5 Å². The van der Waals surface area contributed by atoms with Gasteiger partial charge < -0.3 is 0 Å². The number of hydrogen-bond acceptors (Lipinski definition) is 4. The lowest BCUT2D eigenvalue weighted by Gasteiger charge is -2.25. The van der Waals surface area contributed by atoms with Gasteiger partial charge in [-0.15, -0.1) is 0 Å². The van der Waals surface area contributed by atoms with Crippen LogP contribution in [-0.4, -0.2) is 36.7 Å². The lowest BCUT2D eigenvalue weighted by atomic mass is 10.2. The van der Waals surface area contributed by atoms with Crippen LogP contribution in [0.25, 0.3) is 0 Å². The van der Waals surface area contributed by atoms with Crippen molar-refractivity contribution in [3.63, 3.8) is 0 Å². The molecule has 19 heavy (non-hydrogen) atoms. The Balaban J connectivity index is 2.15. The topological polar surface area (TPSA) is 49.7 Å². The Morgan fingerprint density at radius 2 is 2.00 bits per heavy atom. The summed E-state index contributed by atoms with van der Waals surface area (Å²) in [7, 11) is -2.88. The second-order valence-corrected chi connectivity index (χ2v) is 7.42. The first-order valence-electron chi connectivity index (χ1n) is 6.49. The molecule has 0 aromatic heterocycles. The highest BCUT2D eigenvalue weighted by Gasteiger charge is 2.32. The maximum atomic E-state index is 11.6. The SMILES string of the molecule is CC(C)=NN(Cc1ccccc1)[C@@H]1CCS(=O)(=O)C1. The Kier molecular flexibility index (Phi) is 4.24. The van der Waals surface area contributed by atoms with Crippen molar-refractivity contribution in [1.29, 1.82) is 0 Å². The third-order valence-electron chi connectivity index (χ3n) is 3.15. The normalized spacial score (nSPS) is 21.1. The van der Waals surface area contributed by atoms with Crippen molar-refractivity contribution in [2.75, 3.05) is 11.5 Å². The van der Waals surface area contributed by atoms with E-state index in [2.05, 4.69) is 5.10 Å². The third kappa shape index (κ3) is 4.06. The van der Waals surface area contributed by atoms with Gasteiger partial charge in [0, 0.05) is 5.71 Å². The molecule has 2 rings (SSSR count). The van der Waals surface area contributed by atoms with Gasteiger partial charge in [-0.2, -0.15) is 5.10 Å². The molecule has 1 fully saturated rings. The van der Waals surface area contributed by atoms with Crippen molar-refractivity contribution < 1.29 is 8.42 Å². The number of benzene rings is 1. The Labute approximate surface area is 115 Å². The molecule has 1 atom stereocenters. The summed E-state index contributed by atoms with van der Waals surface area (Å²) in [5.41, 5.74) is 2.09. The monoisotopic (exact) mass is 280 g/mol. The predicted molar refractivity (Wildman–Crippen MR) is 77.8 cm³/mol. The standard InChI is InChI=1S/C14H20N2O2S/c1-12(2)15-16(10-13-6-4-3-5-7-13)14-8-9-19(17,18)11-14/h3-7,14H,8-11H2,1-2H3/t14-/m1/s1. The Hall–Kier alpha value is -1.36. The molecule has 104 valence electrons. The number of hydrogen-bond donors (Lipinski definition) is 0. The molecule has 1 saturated heterocycles. The fourth-order valence-electron chi connectivity index (χ4n) is 2.28. The molecule has 1 aromatic carbocycles. The van der Waals surface area contributed by atoms with E-state index in [1.807, 2.05) is 49.2 Å². The average molecular weight is 280 g/mol. The van der Waals surface area contributed by atoms with E-state index in [1.165, 1.54) is 0 Å². The van der Waals surface area contributed by atoms with Gasteiger partial charge in [0.1, 0.15) is 0 Å². The molecule has 0 N–H and O–H groups in total. The van der Waals surface area contributed by atoms with Gasteiger partial charge in [-0.3, -0.25) is 5.01 Å². The summed E-state index contributed by atoms with van der Waals surface area (Å²) in [5.74, 6) is 0.498. The zero-order valence-electron chi connectivity index (χ0n) is 11.4. The molecular formula is C14H20N2O2S. The van der Waals surface area contributed by atoms with E-state index >= 15 is 0 Å². The number of nitrogens with zero attached hydrogens (tertiary/aromatic N) is 2. The first kappa shape index (κ1) is 14.1. The van der Waals surface area contributed by atoms with E-state index in [0.29, 0.717) is 13.0 Å². The van der Waals surface area contributed by atoms with Crippen LogP contribution in [0, 0.1) is 0 Å². The third-order valence-corrected chi connectivity index (χ3v) is 4.90. The highest BCUT2D eigenvalue weighted by atomic mass is 32.2. The van der Waals surface area contributed by atoms with Crippen LogP contribution in [0.5, 0.6) is 0 Å². The van der Waals surface area contributed by atoms with Crippen LogP contribution in [-0.2, 0) is 16.4 Å². The summed E-state index contributed by atoms with van der Waals surface area (Å²) in [6, 6.07) is 10.0. The molecular weight excluding hydrogens is 260 g/mol. The maximum absolute atomic E-state index is 11.6. The van der Waals surface area contributed by atoms with Crippen LogP contribution < -0.4 is 0 Å². The maximum Gasteiger partial charge on any atom is 0.152 e. The summed E-state index contributed by atoms with van der Waals surface area (Å²) in [6.45, 7) is 4.52. The largest absolute Gasteiger partial charge is 0.289 e. The molecule has 1 aliphatic rings. The van der Waals surface area contributed by atoms with Gasteiger partial charge in [-0.1, -0.05) is 30.3 Å². The van der Waals surface area contributed by atoms with Gasteiger partial charge in [0.25, 0.3) is 0 Å². The van der Waals surface area contributed by atoms with Crippen LogP contribution in [0.3, 0.4) is 0 Å². The van der Waals surface area contributed by atoms with Gasteiger partial charge in [0.05, 0.1) is 24.1 Å². The molecule has 1 heterocycles. The van der Waals surface area contributed by atoms with E-state index in [1.54, 1.807) is 0 Å². The summed E-state index contributed by atoms with van der Waals surface area (Å²) < 4.78 is 23.2. The summed E-state index contributed by atoms with van der Waals surface area (Å²) in [4.78, 5) is 0. The second kappa shape index (κ2) is 5.74. The van der Waals surface area contributed by atoms with Crippen molar-refractivity contribution >= 4 is 15.5 Å². The molecule has 0 amide bonds. The molecule has 0 saturated carbocycles. The van der Waals surface area contributed by atoms with Crippen molar-refractivity contribution in [3.8, 4) is 0 Å². The van der Waals surface area contributed by atoms with Gasteiger partial charge in [0.2, 0.25) is 0 Å². The first-order valence-corrected chi connectivity index (χ1v) is 8.31. The van der Waals surface area contributed by atoms with Gasteiger partial charge >= 0.3 is 0 Å². The lowest BCUT2D eigenvalue weighted by Crippen LogP contribution is -2.32. The summed E-state index contributed by atoms with van der Waals surface area (Å²) in [5, 5.41) is 6.43. The Bertz CT molecular complexity index is 548. The predicted octanol–water partition coefficient (Wildman–Crippen LogP) is 2.07.